The fourth-order valence-electron chi connectivity index (χ4n) is 1.62. The van der Waals surface area contributed by atoms with E-state index in [1.54, 1.807) is 11.8 Å². The Hall–Kier alpha value is -1.33. The molecule has 2 aromatic rings. The SMILES string of the molecule is CC(C)(N)CSCc1nc(N)c2ccccc2n1. The highest BCUT2D eigenvalue weighted by Gasteiger charge is 2.11. The number of nitrogens with two attached hydrogens (primary N) is 2. The number of hydrogen-bond acceptors (Lipinski definition) is 5. The average molecular weight is 262 g/mol. The quantitative estimate of drug-likeness (QED) is 0.883. The van der Waals surface area contributed by atoms with Gasteiger partial charge in [-0.3, -0.25) is 0 Å². The highest BCUT2D eigenvalue weighted by Crippen LogP contribution is 2.20. The lowest BCUT2D eigenvalue weighted by molar-refractivity contribution is 0.591. The van der Waals surface area contributed by atoms with Crippen LogP contribution in [0, 0.1) is 0 Å². The first-order valence-corrected chi connectivity index (χ1v) is 6.99. The van der Waals surface area contributed by atoms with Crippen LogP contribution in [0.15, 0.2) is 24.3 Å². The molecule has 0 radical (unpaired) electrons. The highest BCUT2D eigenvalue weighted by molar-refractivity contribution is 7.98. The molecule has 0 aliphatic carbocycles. The maximum Gasteiger partial charge on any atom is 0.141 e. The molecule has 1 aromatic heterocycles. The van der Waals surface area contributed by atoms with Crippen molar-refractivity contribution < 1.29 is 0 Å². The van der Waals surface area contributed by atoms with Crippen LogP contribution in [0.4, 0.5) is 5.82 Å². The smallest absolute Gasteiger partial charge is 0.141 e. The molecule has 0 fully saturated rings. The van der Waals surface area contributed by atoms with Gasteiger partial charge in [-0.05, 0) is 26.0 Å². The molecule has 96 valence electrons. The molecule has 4 nitrogen and oxygen atoms in total. The van der Waals surface area contributed by atoms with Gasteiger partial charge in [-0.15, -0.1) is 0 Å². The Balaban J connectivity index is 2.15. The van der Waals surface area contributed by atoms with Crippen LogP contribution in [-0.4, -0.2) is 21.3 Å². The first kappa shape index (κ1) is 13.1. The van der Waals surface area contributed by atoms with Crippen LogP contribution < -0.4 is 11.5 Å². The van der Waals surface area contributed by atoms with Gasteiger partial charge in [-0.2, -0.15) is 11.8 Å². The molecule has 0 unspecified atom stereocenters. The van der Waals surface area contributed by atoms with Crippen molar-refractivity contribution in [2.45, 2.75) is 25.1 Å². The fraction of sp³-hybridized carbons (Fsp3) is 0.385. The van der Waals surface area contributed by atoms with E-state index >= 15 is 0 Å². The van der Waals surface area contributed by atoms with Gasteiger partial charge < -0.3 is 11.5 Å². The third-order valence-corrected chi connectivity index (χ3v) is 3.79. The minimum absolute atomic E-state index is 0.174. The number of anilines is 1. The van der Waals surface area contributed by atoms with Crippen molar-refractivity contribution in [1.29, 1.82) is 0 Å². The molecule has 2 rings (SSSR count). The van der Waals surface area contributed by atoms with Crippen molar-refractivity contribution in [3.8, 4) is 0 Å². The molecule has 1 aromatic carbocycles. The van der Waals surface area contributed by atoms with E-state index in [0.29, 0.717) is 5.82 Å². The van der Waals surface area contributed by atoms with Crippen molar-refractivity contribution in [3.05, 3.63) is 30.1 Å². The molecule has 0 amide bonds. The van der Waals surface area contributed by atoms with E-state index in [1.165, 1.54) is 0 Å². The van der Waals surface area contributed by atoms with Gasteiger partial charge in [0.15, 0.2) is 0 Å². The zero-order valence-electron chi connectivity index (χ0n) is 10.7. The molecule has 0 saturated carbocycles. The topological polar surface area (TPSA) is 77.8 Å². The Labute approximate surface area is 111 Å². The van der Waals surface area contributed by atoms with Gasteiger partial charge in [0.2, 0.25) is 0 Å². The Morgan fingerprint density at radius 2 is 1.94 bits per heavy atom. The lowest BCUT2D eigenvalue weighted by atomic mass is 10.1. The first-order valence-electron chi connectivity index (χ1n) is 5.83. The molecule has 5 heteroatoms. The Morgan fingerprint density at radius 3 is 2.67 bits per heavy atom. The number of benzene rings is 1. The number of thioether (sulfide) groups is 1. The van der Waals surface area contributed by atoms with Crippen LogP contribution in [0.25, 0.3) is 10.9 Å². The molecule has 0 saturated heterocycles. The van der Waals surface area contributed by atoms with Crippen LogP contribution in [-0.2, 0) is 5.75 Å². The standard InChI is InChI=1S/C13H18N4S/c1-13(2,15)8-18-7-11-16-10-6-4-3-5-9(10)12(14)17-11/h3-6H,7-8,15H2,1-2H3,(H2,14,16,17). The van der Waals surface area contributed by atoms with Crippen molar-refractivity contribution in [2.75, 3.05) is 11.5 Å². The maximum atomic E-state index is 5.93. The highest BCUT2D eigenvalue weighted by atomic mass is 32.2. The van der Waals surface area contributed by atoms with Crippen LogP contribution >= 0.6 is 11.8 Å². The molecule has 0 aliphatic rings. The Morgan fingerprint density at radius 1 is 1.22 bits per heavy atom. The van der Waals surface area contributed by atoms with E-state index in [2.05, 4.69) is 9.97 Å². The molecular formula is C13H18N4S. The second kappa shape index (κ2) is 5.12. The van der Waals surface area contributed by atoms with Crippen molar-refractivity contribution in [2.24, 2.45) is 5.73 Å². The zero-order valence-corrected chi connectivity index (χ0v) is 11.5. The predicted molar refractivity (Wildman–Crippen MR) is 78.4 cm³/mol. The van der Waals surface area contributed by atoms with Crippen molar-refractivity contribution in [3.63, 3.8) is 0 Å². The summed E-state index contributed by atoms with van der Waals surface area (Å²) in [7, 11) is 0. The van der Waals surface area contributed by atoms with E-state index in [0.717, 1.165) is 28.2 Å². The summed E-state index contributed by atoms with van der Waals surface area (Å²) in [6, 6.07) is 7.78. The summed E-state index contributed by atoms with van der Waals surface area (Å²) >= 11 is 1.72. The second-order valence-electron chi connectivity index (χ2n) is 5.02. The Bertz CT molecular complexity index is 548. The summed E-state index contributed by atoms with van der Waals surface area (Å²) in [5.74, 6) is 2.90. The summed E-state index contributed by atoms with van der Waals surface area (Å²) in [4.78, 5) is 8.83. The molecule has 0 bridgehead atoms. The first-order chi connectivity index (χ1) is 8.46. The number of nitrogen functional groups attached to an aromatic ring is 1. The van der Waals surface area contributed by atoms with Crippen LogP contribution in [0.3, 0.4) is 0 Å². The van der Waals surface area contributed by atoms with Gasteiger partial charge in [-0.25, -0.2) is 9.97 Å². The van der Waals surface area contributed by atoms with Gasteiger partial charge in [0.1, 0.15) is 11.6 Å². The maximum absolute atomic E-state index is 5.93. The van der Waals surface area contributed by atoms with Gasteiger partial charge in [-0.1, -0.05) is 12.1 Å². The minimum Gasteiger partial charge on any atom is -0.383 e. The lowest BCUT2D eigenvalue weighted by Gasteiger charge is -2.17. The number of para-hydroxylation sites is 1. The van der Waals surface area contributed by atoms with E-state index < -0.39 is 0 Å². The van der Waals surface area contributed by atoms with Gasteiger partial charge in [0.25, 0.3) is 0 Å². The predicted octanol–water partition coefficient (Wildman–Crippen LogP) is 2.18. The molecule has 0 atom stereocenters. The molecule has 0 aliphatic heterocycles. The average Bonchev–Trinajstić information content (AvgIpc) is 2.27. The number of aromatic nitrogens is 2. The third-order valence-electron chi connectivity index (χ3n) is 2.38. The van der Waals surface area contributed by atoms with Crippen molar-refractivity contribution in [1.82, 2.24) is 9.97 Å². The van der Waals surface area contributed by atoms with E-state index in [4.69, 9.17) is 11.5 Å². The van der Waals surface area contributed by atoms with Crippen LogP contribution in [0.1, 0.15) is 19.7 Å². The fourth-order valence-corrected chi connectivity index (χ4v) is 2.56. The molecular weight excluding hydrogens is 244 g/mol. The molecule has 18 heavy (non-hydrogen) atoms. The second-order valence-corrected chi connectivity index (χ2v) is 6.01. The van der Waals surface area contributed by atoms with Gasteiger partial charge >= 0.3 is 0 Å². The van der Waals surface area contributed by atoms with Gasteiger partial charge in [0.05, 0.1) is 11.3 Å². The lowest BCUT2D eigenvalue weighted by Crippen LogP contribution is -2.34. The molecule has 1 heterocycles. The van der Waals surface area contributed by atoms with Crippen LogP contribution in [0.5, 0.6) is 0 Å². The Kier molecular flexibility index (Phi) is 3.73. The number of nitrogens with zero attached hydrogens (tertiary/aromatic N) is 2. The third kappa shape index (κ3) is 3.34. The van der Waals surface area contributed by atoms with Gasteiger partial charge in [0, 0.05) is 16.7 Å². The summed E-state index contributed by atoms with van der Waals surface area (Å²) < 4.78 is 0. The zero-order chi connectivity index (χ0) is 13.2. The number of fused-ring (bicyclic) bond motifs is 1. The number of hydrogen-bond donors (Lipinski definition) is 2. The summed E-state index contributed by atoms with van der Waals surface area (Å²) in [6.07, 6.45) is 0. The summed E-state index contributed by atoms with van der Waals surface area (Å²) in [6.45, 7) is 4.02. The van der Waals surface area contributed by atoms with Crippen molar-refractivity contribution >= 4 is 28.5 Å². The minimum atomic E-state index is -0.174. The van der Waals surface area contributed by atoms with Crippen LogP contribution in [0.2, 0.25) is 0 Å². The van der Waals surface area contributed by atoms with E-state index in [1.807, 2.05) is 38.1 Å². The van der Waals surface area contributed by atoms with E-state index in [9.17, 15) is 0 Å². The summed E-state index contributed by atoms with van der Waals surface area (Å²) in [5.41, 5.74) is 12.6. The molecule has 0 spiro atoms. The summed E-state index contributed by atoms with van der Waals surface area (Å²) in [5, 5.41) is 0.908. The monoisotopic (exact) mass is 262 g/mol. The normalized spacial score (nSPS) is 11.9. The number of rotatable bonds is 4. The van der Waals surface area contributed by atoms with E-state index in [-0.39, 0.29) is 5.54 Å². The molecule has 4 N–H and O–H groups in total. The largest absolute Gasteiger partial charge is 0.383 e.